The first-order chi connectivity index (χ1) is 11.5. The molecule has 0 bridgehead atoms. The summed E-state index contributed by atoms with van der Waals surface area (Å²) < 4.78 is 5.19. The SMILES string of the molecule is CCOC(=O)C1=C(N(C)O)C2=CC(=O)C=CC2=C1c1ccccc1. The fourth-order valence-electron chi connectivity index (χ4n) is 2.97. The largest absolute Gasteiger partial charge is 0.462 e. The summed E-state index contributed by atoms with van der Waals surface area (Å²) in [4.78, 5) is 24.4. The van der Waals surface area contributed by atoms with E-state index in [9.17, 15) is 14.8 Å². The van der Waals surface area contributed by atoms with Crippen LogP contribution >= 0.6 is 0 Å². The van der Waals surface area contributed by atoms with Gasteiger partial charge >= 0.3 is 5.97 Å². The van der Waals surface area contributed by atoms with Crippen molar-refractivity contribution >= 4 is 17.3 Å². The average Bonchev–Trinajstić information content (AvgIpc) is 2.90. The minimum absolute atomic E-state index is 0.189. The van der Waals surface area contributed by atoms with Crippen LogP contribution in [0.2, 0.25) is 0 Å². The smallest absolute Gasteiger partial charge is 0.341 e. The molecule has 0 aliphatic heterocycles. The van der Waals surface area contributed by atoms with Crippen molar-refractivity contribution in [2.24, 2.45) is 0 Å². The van der Waals surface area contributed by atoms with Crippen LogP contribution in [0.5, 0.6) is 0 Å². The zero-order chi connectivity index (χ0) is 17.3. The molecule has 1 aromatic carbocycles. The molecule has 0 aromatic heterocycles. The summed E-state index contributed by atoms with van der Waals surface area (Å²) in [7, 11) is 1.42. The van der Waals surface area contributed by atoms with E-state index in [4.69, 9.17) is 4.74 Å². The number of carbonyl (C=O) groups excluding carboxylic acids is 2. The number of esters is 1. The fraction of sp³-hybridized carbons (Fsp3) is 0.158. The molecule has 0 heterocycles. The number of fused-ring (bicyclic) bond motifs is 1. The molecule has 0 radical (unpaired) electrons. The van der Waals surface area contributed by atoms with Crippen molar-refractivity contribution < 1.29 is 19.5 Å². The third-order valence-electron chi connectivity index (χ3n) is 3.87. The number of allylic oxidation sites excluding steroid dienone is 4. The van der Waals surface area contributed by atoms with Crippen LogP contribution < -0.4 is 0 Å². The highest BCUT2D eigenvalue weighted by atomic mass is 16.5. The van der Waals surface area contributed by atoms with Crippen molar-refractivity contribution in [2.45, 2.75) is 6.92 Å². The summed E-state index contributed by atoms with van der Waals surface area (Å²) in [6.07, 6.45) is 4.55. The van der Waals surface area contributed by atoms with E-state index in [-0.39, 0.29) is 23.7 Å². The highest BCUT2D eigenvalue weighted by Gasteiger charge is 2.36. The van der Waals surface area contributed by atoms with Crippen molar-refractivity contribution in [3.05, 3.63) is 76.5 Å². The number of benzene rings is 1. The molecule has 0 saturated heterocycles. The number of ether oxygens (including phenoxy) is 1. The van der Waals surface area contributed by atoms with Gasteiger partial charge in [-0.05, 0) is 36.3 Å². The van der Waals surface area contributed by atoms with E-state index in [2.05, 4.69) is 0 Å². The molecule has 1 aromatic rings. The summed E-state index contributed by atoms with van der Waals surface area (Å²) in [5.74, 6) is -0.721. The maximum atomic E-state index is 12.6. The second-order valence-electron chi connectivity index (χ2n) is 5.42. The Morgan fingerprint density at radius 2 is 1.92 bits per heavy atom. The molecule has 5 nitrogen and oxygen atoms in total. The van der Waals surface area contributed by atoms with Gasteiger partial charge in [0.15, 0.2) is 5.78 Å². The van der Waals surface area contributed by atoms with Crippen LogP contribution in [0.4, 0.5) is 0 Å². The number of hydrogen-bond donors (Lipinski definition) is 1. The van der Waals surface area contributed by atoms with E-state index in [1.165, 1.54) is 19.2 Å². The van der Waals surface area contributed by atoms with Gasteiger partial charge in [0.2, 0.25) is 0 Å². The van der Waals surface area contributed by atoms with Gasteiger partial charge in [-0.1, -0.05) is 30.3 Å². The minimum Gasteiger partial charge on any atom is -0.462 e. The van der Waals surface area contributed by atoms with Crippen molar-refractivity contribution in [3.8, 4) is 0 Å². The van der Waals surface area contributed by atoms with Crippen LogP contribution in [0.25, 0.3) is 5.57 Å². The van der Waals surface area contributed by atoms with Crippen LogP contribution in [-0.2, 0) is 14.3 Å². The molecule has 122 valence electrons. The van der Waals surface area contributed by atoms with E-state index in [0.717, 1.165) is 16.2 Å². The number of carbonyl (C=O) groups is 2. The lowest BCUT2D eigenvalue weighted by Crippen LogP contribution is -2.19. The second kappa shape index (κ2) is 6.29. The number of nitrogens with zero attached hydrogens (tertiary/aromatic N) is 1. The summed E-state index contributed by atoms with van der Waals surface area (Å²) in [5, 5.41) is 11.0. The summed E-state index contributed by atoms with van der Waals surface area (Å²) in [5.41, 5.74) is 3.25. The molecule has 0 unspecified atom stereocenters. The van der Waals surface area contributed by atoms with Crippen molar-refractivity contribution in [1.29, 1.82) is 0 Å². The molecule has 2 aliphatic rings. The van der Waals surface area contributed by atoms with Crippen LogP contribution in [0, 0.1) is 0 Å². The van der Waals surface area contributed by atoms with Gasteiger partial charge in [0.25, 0.3) is 0 Å². The first-order valence-electron chi connectivity index (χ1n) is 7.63. The van der Waals surface area contributed by atoms with Gasteiger partial charge in [-0.15, -0.1) is 0 Å². The Balaban J connectivity index is 2.30. The molecule has 1 N–H and O–H groups in total. The number of ketones is 1. The topological polar surface area (TPSA) is 66.8 Å². The molecule has 3 rings (SSSR count). The third kappa shape index (κ3) is 2.59. The molecular formula is C19H17NO4. The van der Waals surface area contributed by atoms with Gasteiger partial charge in [-0.2, -0.15) is 0 Å². The zero-order valence-corrected chi connectivity index (χ0v) is 13.4. The molecular weight excluding hydrogens is 306 g/mol. The normalized spacial score (nSPS) is 16.3. The molecule has 0 saturated carbocycles. The van der Waals surface area contributed by atoms with Gasteiger partial charge in [0.05, 0.1) is 17.9 Å². The van der Waals surface area contributed by atoms with Crippen LogP contribution in [0.1, 0.15) is 12.5 Å². The lowest BCUT2D eigenvalue weighted by Gasteiger charge is -2.17. The number of hydroxylamine groups is 2. The van der Waals surface area contributed by atoms with Gasteiger partial charge in [0, 0.05) is 18.2 Å². The van der Waals surface area contributed by atoms with Crippen molar-refractivity contribution in [1.82, 2.24) is 5.06 Å². The van der Waals surface area contributed by atoms with Gasteiger partial charge in [-0.25, -0.2) is 4.79 Å². The third-order valence-corrected chi connectivity index (χ3v) is 3.87. The summed E-state index contributed by atoms with van der Waals surface area (Å²) in [6.45, 7) is 1.94. The second-order valence-corrected chi connectivity index (χ2v) is 5.42. The molecule has 24 heavy (non-hydrogen) atoms. The molecule has 5 heteroatoms. The van der Waals surface area contributed by atoms with E-state index >= 15 is 0 Å². The minimum atomic E-state index is -0.532. The lowest BCUT2D eigenvalue weighted by molar-refractivity contribution is -0.138. The van der Waals surface area contributed by atoms with Gasteiger partial charge in [0.1, 0.15) is 0 Å². The molecule has 0 spiro atoms. The summed E-state index contributed by atoms with van der Waals surface area (Å²) >= 11 is 0. The highest BCUT2D eigenvalue weighted by molar-refractivity contribution is 6.15. The van der Waals surface area contributed by atoms with Crippen LogP contribution in [0.15, 0.2) is 71.0 Å². The fourth-order valence-corrected chi connectivity index (χ4v) is 2.97. The molecule has 0 fully saturated rings. The summed E-state index contributed by atoms with van der Waals surface area (Å²) in [6, 6.07) is 9.38. The first-order valence-corrected chi connectivity index (χ1v) is 7.63. The maximum Gasteiger partial charge on any atom is 0.341 e. The van der Waals surface area contributed by atoms with E-state index < -0.39 is 5.97 Å². The van der Waals surface area contributed by atoms with Crippen LogP contribution in [0.3, 0.4) is 0 Å². The van der Waals surface area contributed by atoms with Gasteiger partial charge in [-0.3, -0.25) is 15.1 Å². The van der Waals surface area contributed by atoms with Crippen LogP contribution in [-0.4, -0.2) is 35.7 Å². The first kappa shape index (κ1) is 16.0. The maximum absolute atomic E-state index is 12.6. The van der Waals surface area contributed by atoms with Gasteiger partial charge < -0.3 is 4.74 Å². The molecule has 2 aliphatic carbocycles. The zero-order valence-electron chi connectivity index (χ0n) is 13.4. The Bertz CT molecular complexity index is 826. The van der Waals surface area contributed by atoms with E-state index in [0.29, 0.717) is 11.1 Å². The predicted octanol–water partition coefficient (Wildman–Crippen LogP) is 2.66. The Morgan fingerprint density at radius 1 is 1.21 bits per heavy atom. The Labute approximate surface area is 139 Å². The van der Waals surface area contributed by atoms with E-state index in [1.54, 1.807) is 13.0 Å². The van der Waals surface area contributed by atoms with Crippen molar-refractivity contribution in [3.63, 3.8) is 0 Å². The quantitative estimate of drug-likeness (QED) is 0.681. The standard InChI is InChI=1S/C19H17NO4/c1-3-24-19(22)17-16(12-7-5-4-6-8-12)14-10-9-13(21)11-15(14)18(17)20(2)23/h4-11,23H,3H2,1-2H3. The average molecular weight is 323 g/mol. The Kier molecular flexibility index (Phi) is 4.18. The molecule has 0 atom stereocenters. The molecule has 0 amide bonds. The number of hydrogen-bond acceptors (Lipinski definition) is 5. The monoisotopic (exact) mass is 323 g/mol. The predicted molar refractivity (Wildman–Crippen MR) is 88.8 cm³/mol. The lowest BCUT2D eigenvalue weighted by atomic mass is 9.94. The Hall–Kier alpha value is -2.92. The number of rotatable bonds is 4. The Morgan fingerprint density at radius 3 is 2.54 bits per heavy atom. The number of likely N-dealkylation sites (N-methyl/N-ethyl adjacent to an activating group) is 1. The van der Waals surface area contributed by atoms with E-state index in [1.807, 2.05) is 30.3 Å². The van der Waals surface area contributed by atoms with Crippen molar-refractivity contribution in [2.75, 3.05) is 13.7 Å². The highest BCUT2D eigenvalue weighted by Crippen LogP contribution is 2.45.